The zero-order chi connectivity index (χ0) is 12.7. The fraction of sp³-hybridized carbons (Fsp3) is 0.636. The van der Waals surface area contributed by atoms with Crippen molar-refractivity contribution in [3.8, 4) is 0 Å². The van der Waals surface area contributed by atoms with Crippen molar-refractivity contribution in [3.05, 3.63) is 11.8 Å². The van der Waals surface area contributed by atoms with Crippen LogP contribution in [0, 0.1) is 6.92 Å². The third kappa shape index (κ3) is 5.46. The second kappa shape index (κ2) is 7.03. The van der Waals surface area contributed by atoms with Crippen molar-refractivity contribution in [2.75, 3.05) is 39.0 Å². The van der Waals surface area contributed by atoms with Gasteiger partial charge in [0.25, 0.3) is 0 Å². The smallest absolute Gasteiger partial charge is 0.240 e. The molecule has 1 aromatic rings. The van der Waals surface area contributed by atoms with Gasteiger partial charge in [0.15, 0.2) is 0 Å². The van der Waals surface area contributed by atoms with Crippen molar-refractivity contribution in [2.24, 2.45) is 0 Å². The Morgan fingerprint density at radius 1 is 1.59 bits per heavy atom. The van der Waals surface area contributed by atoms with Crippen LogP contribution in [0.1, 0.15) is 12.1 Å². The van der Waals surface area contributed by atoms with Gasteiger partial charge in [-0.05, 0) is 40.5 Å². The minimum absolute atomic E-state index is 0.0897. The maximum atomic E-state index is 11.6. The SMILES string of the molecule is CNCCCN(C)CC(=O)Nc1cc(C)no1. The molecule has 0 unspecified atom stereocenters. The van der Waals surface area contributed by atoms with Gasteiger partial charge in [-0.2, -0.15) is 0 Å². The molecule has 0 saturated carbocycles. The van der Waals surface area contributed by atoms with E-state index in [9.17, 15) is 4.79 Å². The highest BCUT2D eigenvalue weighted by Crippen LogP contribution is 2.07. The number of likely N-dealkylation sites (N-methyl/N-ethyl adjacent to an activating group) is 1. The van der Waals surface area contributed by atoms with E-state index in [-0.39, 0.29) is 5.91 Å². The average Bonchev–Trinajstić information content (AvgIpc) is 2.64. The van der Waals surface area contributed by atoms with Gasteiger partial charge in [-0.25, -0.2) is 0 Å². The van der Waals surface area contributed by atoms with E-state index >= 15 is 0 Å². The molecule has 0 saturated heterocycles. The van der Waals surface area contributed by atoms with Crippen LogP contribution in [-0.2, 0) is 4.79 Å². The second-order valence-corrected chi connectivity index (χ2v) is 4.08. The highest BCUT2D eigenvalue weighted by Gasteiger charge is 2.09. The van der Waals surface area contributed by atoms with Crippen LogP contribution in [0.25, 0.3) is 0 Å². The topological polar surface area (TPSA) is 70.4 Å². The Kier molecular flexibility index (Phi) is 5.65. The third-order valence-corrected chi connectivity index (χ3v) is 2.27. The molecule has 2 N–H and O–H groups in total. The molecule has 0 spiro atoms. The highest BCUT2D eigenvalue weighted by molar-refractivity contribution is 5.90. The molecule has 0 radical (unpaired) electrons. The quantitative estimate of drug-likeness (QED) is 0.678. The van der Waals surface area contributed by atoms with Gasteiger partial charge < -0.3 is 9.84 Å². The summed E-state index contributed by atoms with van der Waals surface area (Å²) in [5, 5.41) is 9.43. The monoisotopic (exact) mass is 240 g/mol. The number of amides is 1. The van der Waals surface area contributed by atoms with E-state index in [1.165, 1.54) is 0 Å². The van der Waals surface area contributed by atoms with Crippen LogP contribution in [-0.4, -0.2) is 49.7 Å². The number of nitrogens with one attached hydrogen (secondary N) is 2. The largest absolute Gasteiger partial charge is 0.338 e. The summed E-state index contributed by atoms with van der Waals surface area (Å²) in [6.07, 6.45) is 1.02. The zero-order valence-corrected chi connectivity index (χ0v) is 10.6. The van der Waals surface area contributed by atoms with E-state index in [1.54, 1.807) is 6.07 Å². The summed E-state index contributed by atoms with van der Waals surface area (Å²) in [5.74, 6) is 0.309. The van der Waals surface area contributed by atoms with E-state index in [0.29, 0.717) is 12.4 Å². The first kappa shape index (κ1) is 13.7. The van der Waals surface area contributed by atoms with Gasteiger partial charge in [0.2, 0.25) is 11.8 Å². The van der Waals surface area contributed by atoms with E-state index < -0.39 is 0 Å². The van der Waals surface area contributed by atoms with Crippen molar-refractivity contribution in [2.45, 2.75) is 13.3 Å². The third-order valence-electron chi connectivity index (χ3n) is 2.27. The number of hydrogen-bond acceptors (Lipinski definition) is 5. The predicted molar refractivity (Wildman–Crippen MR) is 65.9 cm³/mol. The lowest BCUT2D eigenvalue weighted by Crippen LogP contribution is -2.31. The molecule has 1 aromatic heterocycles. The lowest BCUT2D eigenvalue weighted by Gasteiger charge is -2.15. The molecule has 1 rings (SSSR count). The molecule has 96 valence electrons. The lowest BCUT2D eigenvalue weighted by molar-refractivity contribution is -0.117. The van der Waals surface area contributed by atoms with Crippen LogP contribution in [0.2, 0.25) is 0 Å². The van der Waals surface area contributed by atoms with Gasteiger partial charge in [0.1, 0.15) is 0 Å². The van der Waals surface area contributed by atoms with Crippen LogP contribution in [0.3, 0.4) is 0 Å². The van der Waals surface area contributed by atoms with Crippen molar-refractivity contribution in [3.63, 3.8) is 0 Å². The fourth-order valence-electron chi connectivity index (χ4n) is 1.45. The minimum atomic E-state index is -0.0897. The molecule has 0 aliphatic rings. The molecule has 0 aliphatic heterocycles. The van der Waals surface area contributed by atoms with Crippen molar-refractivity contribution in [1.29, 1.82) is 0 Å². The maximum absolute atomic E-state index is 11.6. The van der Waals surface area contributed by atoms with E-state index in [0.717, 1.165) is 25.2 Å². The number of nitrogens with zero attached hydrogens (tertiary/aromatic N) is 2. The van der Waals surface area contributed by atoms with Crippen LogP contribution < -0.4 is 10.6 Å². The molecule has 17 heavy (non-hydrogen) atoms. The van der Waals surface area contributed by atoms with Crippen LogP contribution in [0.5, 0.6) is 0 Å². The second-order valence-electron chi connectivity index (χ2n) is 4.08. The summed E-state index contributed by atoms with van der Waals surface area (Å²) in [7, 11) is 3.83. The van der Waals surface area contributed by atoms with Gasteiger partial charge in [-0.15, -0.1) is 0 Å². The molecule has 0 atom stereocenters. The van der Waals surface area contributed by atoms with Crippen LogP contribution >= 0.6 is 0 Å². The Labute approximate surface area is 101 Å². The molecule has 6 nitrogen and oxygen atoms in total. The summed E-state index contributed by atoms with van der Waals surface area (Å²) < 4.78 is 4.90. The first-order valence-electron chi connectivity index (χ1n) is 5.68. The van der Waals surface area contributed by atoms with Crippen LogP contribution in [0.15, 0.2) is 10.6 Å². The molecular formula is C11H20N4O2. The summed E-state index contributed by atoms with van der Waals surface area (Å²) in [5.41, 5.74) is 0.752. The van der Waals surface area contributed by atoms with Gasteiger partial charge in [-0.3, -0.25) is 15.0 Å². The summed E-state index contributed by atoms with van der Waals surface area (Å²) in [4.78, 5) is 13.6. The number of aromatic nitrogens is 1. The Morgan fingerprint density at radius 3 is 2.94 bits per heavy atom. The lowest BCUT2D eigenvalue weighted by atomic mass is 10.4. The fourth-order valence-corrected chi connectivity index (χ4v) is 1.45. The van der Waals surface area contributed by atoms with Crippen molar-refractivity contribution in [1.82, 2.24) is 15.4 Å². The molecular weight excluding hydrogens is 220 g/mol. The number of anilines is 1. The molecule has 6 heteroatoms. The highest BCUT2D eigenvalue weighted by atomic mass is 16.5. The number of hydrogen-bond donors (Lipinski definition) is 2. The van der Waals surface area contributed by atoms with Crippen molar-refractivity contribution >= 4 is 11.8 Å². The average molecular weight is 240 g/mol. The Bertz CT molecular complexity index is 351. The normalized spacial score (nSPS) is 10.8. The summed E-state index contributed by atoms with van der Waals surface area (Å²) in [6.45, 7) is 3.99. The number of carbonyl (C=O) groups excluding carboxylic acids is 1. The molecule has 0 fully saturated rings. The van der Waals surface area contributed by atoms with Gasteiger partial charge >= 0.3 is 0 Å². The summed E-state index contributed by atoms with van der Waals surface area (Å²) in [6, 6.07) is 1.69. The Balaban J connectivity index is 2.24. The zero-order valence-electron chi connectivity index (χ0n) is 10.6. The Morgan fingerprint density at radius 2 is 2.35 bits per heavy atom. The molecule has 1 amide bonds. The molecule has 0 bridgehead atoms. The van der Waals surface area contributed by atoms with Gasteiger partial charge in [0, 0.05) is 6.07 Å². The molecule has 0 aromatic carbocycles. The first-order chi connectivity index (χ1) is 8.11. The standard InChI is InChI=1S/C11H20N4O2/c1-9-7-11(17-14-9)13-10(16)8-15(3)6-4-5-12-2/h7,12H,4-6,8H2,1-3H3,(H,13,16). The van der Waals surface area contributed by atoms with Crippen molar-refractivity contribution < 1.29 is 9.32 Å². The van der Waals surface area contributed by atoms with E-state index in [4.69, 9.17) is 4.52 Å². The van der Waals surface area contributed by atoms with Gasteiger partial charge in [-0.1, -0.05) is 5.16 Å². The van der Waals surface area contributed by atoms with E-state index in [1.807, 2.05) is 25.9 Å². The number of carbonyl (C=O) groups is 1. The first-order valence-corrected chi connectivity index (χ1v) is 5.68. The number of rotatable bonds is 7. The number of aryl methyl sites for hydroxylation is 1. The summed E-state index contributed by atoms with van der Waals surface area (Å²) >= 11 is 0. The molecule has 0 aliphatic carbocycles. The van der Waals surface area contributed by atoms with Gasteiger partial charge in [0.05, 0.1) is 12.2 Å². The molecule has 1 heterocycles. The van der Waals surface area contributed by atoms with E-state index in [2.05, 4.69) is 15.8 Å². The minimum Gasteiger partial charge on any atom is -0.338 e. The van der Waals surface area contributed by atoms with Crippen LogP contribution in [0.4, 0.5) is 5.88 Å². The maximum Gasteiger partial charge on any atom is 0.240 e. The Hall–Kier alpha value is -1.40. The predicted octanol–water partition coefficient (Wildman–Crippen LogP) is 0.463.